The predicted molar refractivity (Wildman–Crippen MR) is 147 cm³/mol. The second kappa shape index (κ2) is 16.6. The maximum absolute atomic E-state index is 9.88. The van der Waals surface area contributed by atoms with Gasteiger partial charge in [-0.3, -0.25) is 0 Å². The van der Waals surface area contributed by atoms with Crippen molar-refractivity contribution in [2.24, 2.45) is 0 Å². The third-order valence-electron chi connectivity index (χ3n) is 5.76. The molecule has 0 aliphatic rings. The van der Waals surface area contributed by atoms with Crippen molar-refractivity contribution in [3.63, 3.8) is 0 Å². The topological polar surface area (TPSA) is 20.2 Å². The standard InChI is InChI=1S/C12H11O.C12H11.C10H8.2Fe/c13-12(11-8-4-5-9-11)10-6-2-1-3-7-10;1-2-6-11(7-3-1)10-12-8-4-5-9-12;1-2-6-9(5-1)10-7-3-4-8-10;;/h1-9,12-13H;1-9H,10H2;1-8H;;/q2*-1;-2;;. The molecule has 0 aliphatic carbocycles. The van der Waals surface area contributed by atoms with E-state index in [9.17, 15) is 5.11 Å². The van der Waals surface area contributed by atoms with Crippen LogP contribution in [0, 0.1) is 0 Å². The van der Waals surface area contributed by atoms with Crippen LogP contribution in [0.5, 0.6) is 0 Å². The Kier molecular flexibility index (Phi) is 13.5. The Bertz CT molecular complexity index is 1250. The van der Waals surface area contributed by atoms with Crippen molar-refractivity contribution >= 4 is 0 Å². The van der Waals surface area contributed by atoms with Gasteiger partial charge >= 0.3 is 0 Å². The zero-order valence-corrected chi connectivity index (χ0v) is 22.7. The van der Waals surface area contributed by atoms with Crippen LogP contribution in [0.3, 0.4) is 0 Å². The molecule has 192 valence electrons. The van der Waals surface area contributed by atoms with Gasteiger partial charge in [-0.15, -0.1) is 5.56 Å². The first kappa shape index (κ1) is 30.1. The molecule has 0 spiro atoms. The molecule has 6 aromatic rings. The number of hydrogen-bond acceptors (Lipinski definition) is 1. The monoisotopic (exact) mass is 566 g/mol. The fraction of sp³-hybridized carbons (Fsp3) is 0.0588. The van der Waals surface area contributed by atoms with Crippen molar-refractivity contribution in [2.45, 2.75) is 12.5 Å². The van der Waals surface area contributed by atoms with E-state index in [1.54, 1.807) is 0 Å². The Morgan fingerprint density at radius 3 is 1.38 bits per heavy atom. The molecule has 0 aliphatic heterocycles. The number of hydrogen-bond donors (Lipinski definition) is 1. The van der Waals surface area contributed by atoms with Crippen LogP contribution in [-0.2, 0) is 40.6 Å². The molecule has 6 rings (SSSR count). The van der Waals surface area contributed by atoms with Gasteiger partial charge in [-0.2, -0.15) is 89.5 Å². The van der Waals surface area contributed by atoms with Gasteiger partial charge in [0.15, 0.2) is 0 Å². The summed E-state index contributed by atoms with van der Waals surface area (Å²) >= 11 is 0. The van der Waals surface area contributed by atoms with E-state index in [4.69, 9.17) is 0 Å². The molecule has 0 fully saturated rings. The van der Waals surface area contributed by atoms with Gasteiger partial charge in [0.1, 0.15) is 0 Å². The molecular weight excluding hydrogens is 536 g/mol. The predicted octanol–water partition coefficient (Wildman–Crippen LogP) is 8.27. The summed E-state index contributed by atoms with van der Waals surface area (Å²) in [6.07, 6.45) is 0.560. The minimum absolute atomic E-state index is 0. The minimum atomic E-state index is -0.490. The Balaban J connectivity index is 0.000000191. The van der Waals surface area contributed by atoms with Crippen molar-refractivity contribution in [1.29, 1.82) is 0 Å². The summed E-state index contributed by atoms with van der Waals surface area (Å²) in [4.78, 5) is 0. The molecule has 6 aromatic carbocycles. The molecule has 1 nitrogen and oxygen atoms in total. The van der Waals surface area contributed by atoms with Crippen molar-refractivity contribution in [2.75, 3.05) is 0 Å². The van der Waals surface area contributed by atoms with E-state index in [-0.39, 0.29) is 34.1 Å². The quantitative estimate of drug-likeness (QED) is 0.165. The Labute approximate surface area is 241 Å². The van der Waals surface area contributed by atoms with Crippen molar-refractivity contribution in [1.82, 2.24) is 0 Å². The van der Waals surface area contributed by atoms with Crippen LogP contribution in [-0.4, -0.2) is 5.11 Å². The first-order valence-electron chi connectivity index (χ1n) is 11.9. The van der Waals surface area contributed by atoms with Crippen molar-refractivity contribution < 1.29 is 39.2 Å². The molecule has 0 saturated carbocycles. The van der Waals surface area contributed by atoms with Crippen LogP contribution in [0.4, 0.5) is 0 Å². The van der Waals surface area contributed by atoms with Crippen LogP contribution < -0.4 is 0 Å². The van der Waals surface area contributed by atoms with Crippen LogP contribution in [0.2, 0.25) is 0 Å². The van der Waals surface area contributed by atoms with E-state index >= 15 is 0 Å². The summed E-state index contributed by atoms with van der Waals surface area (Å²) in [7, 11) is 0. The summed E-state index contributed by atoms with van der Waals surface area (Å²) in [5.74, 6) is 0. The minimum Gasteiger partial charge on any atom is -0.396 e. The molecule has 1 N–H and O–H groups in total. The maximum Gasteiger partial charge on any atom is 0.0602 e. The fourth-order valence-electron chi connectivity index (χ4n) is 3.90. The first-order chi connectivity index (χ1) is 17.3. The van der Waals surface area contributed by atoms with Crippen LogP contribution in [0.25, 0.3) is 11.1 Å². The van der Waals surface area contributed by atoms with Crippen LogP contribution >= 0.6 is 0 Å². The normalized spacial score (nSPS) is 10.4. The Morgan fingerprint density at radius 1 is 0.486 bits per heavy atom. The summed E-state index contributed by atoms with van der Waals surface area (Å²) in [6, 6.07) is 53.1. The third kappa shape index (κ3) is 9.67. The largest absolute Gasteiger partial charge is 0.396 e. The average molecular weight is 566 g/mol. The maximum atomic E-state index is 9.88. The zero-order valence-electron chi connectivity index (χ0n) is 20.4. The van der Waals surface area contributed by atoms with Gasteiger partial charge in [0.2, 0.25) is 0 Å². The molecule has 0 heterocycles. The zero-order chi connectivity index (χ0) is 24.1. The molecule has 1 unspecified atom stereocenters. The van der Waals surface area contributed by atoms with E-state index in [1.807, 2.05) is 54.6 Å². The molecule has 1 atom stereocenters. The molecular formula is C34H30Fe2O-4. The second-order valence-corrected chi connectivity index (χ2v) is 8.33. The number of benzene rings is 2. The summed E-state index contributed by atoms with van der Waals surface area (Å²) < 4.78 is 0. The number of aliphatic hydroxyl groups is 1. The first-order valence-corrected chi connectivity index (χ1v) is 11.9. The van der Waals surface area contributed by atoms with E-state index in [1.165, 1.54) is 22.3 Å². The molecule has 0 amide bonds. The van der Waals surface area contributed by atoms with Crippen LogP contribution in [0.1, 0.15) is 28.4 Å². The van der Waals surface area contributed by atoms with Gasteiger partial charge < -0.3 is 5.11 Å². The average Bonchev–Trinajstić information content (AvgIpc) is 3.74. The Morgan fingerprint density at radius 2 is 0.892 bits per heavy atom. The summed E-state index contributed by atoms with van der Waals surface area (Å²) in [6.45, 7) is 0. The van der Waals surface area contributed by atoms with Gasteiger partial charge in [-0.25, -0.2) is 24.3 Å². The molecule has 0 aromatic heterocycles. The summed E-state index contributed by atoms with van der Waals surface area (Å²) in [5, 5.41) is 9.88. The van der Waals surface area contributed by atoms with E-state index in [0.717, 1.165) is 17.5 Å². The molecule has 0 radical (unpaired) electrons. The number of rotatable bonds is 5. The van der Waals surface area contributed by atoms with Gasteiger partial charge in [-0.05, 0) is 12.0 Å². The summed E-state index contributed by atoms with van der Waals surface area (Å²) in [5.41, 5.74) is 7.28. The van der Waals surface area contributed by atoms with Crippen molar-refractivity contribution in [3.05, 3.63) is 180 Å². The van der Waals surface area contributed by atoms with Crippen LogP contribution in [0.15, 0.2) is 158 Å². The SMILES string of the molecule is OC(c1ccccc1)[c-]1cccc1.[Fe].[Fe].c1cc[c-](-[c-]2cccc2)c1.c1ccc(C[c-]2cccc2)cc1. The van der Waals surface area contributed by atoms with Crippen molar-refractivity contribution in [3.8, 4) is 11.1 Å². The third-order valence-corrected chi connectivity index (χ3v) is 5.76. The van der Waals surface area contributed by atoms with Gasteiger partial charge in [-0.1, -0.05) is 66.2 Å². The van der Waals surface area contributed by atoms with Gasteiger partial charge in [0.25, 0.3) is 0 Å². The fourth-order valence-corrected chi connectivity index (χ4v) is 3.90. The number of aliphatic hydroxyl groups excluding tert-OH is 1. The second-order valence-electron chi connectivity index (χ2n) is 8.33. The Hall–Kier alpha value is -3.16. The van der Waals surface area contributed by atoms with E-state index in [0.29, 0.717) is 0 Å². The molecule has 0 saturated heterocycles. The molecule has 37 heavy (non-hydrogen) atoms. The smallest absolute Gasteiger partial charge is 0.0602 e. The van der Waals surface area contributed by atoms with Gasteiger partial charge in [0.05, 0.1) is 6.10 Å². The molecule has 3 heteroatoms. The van der Waals surface area contributed by atoms with E-state index in [2.05, 4.69) is 103 Å². The molecule has 0 bridgehead atoms. The van der Waals surface area contributed by atoms with E-state index < -0.39 is 6.10 Å². The van der Waals surface area contributed by atoms with Gasteiger partial charge in [0, 0.05) is 34.1 Å².